The van der Waals surface area contributed by atoms with Crippen LogP contribution in [0, 0.1) is 0 Å². The molecule has 0 unspecified atom stereocenters. The van der Waals surface area contributed by atoms with Gasteiger partial charge in [0.25, 0.3) is 0 Å². The number of allylic oxidation sites excluding steroid dienone is 4. The maximum Gasteiger partial charge on any atom is 0.0785 e. The van der Waals surface area contributed by atoms with Crippen molar-refractivity contribution in [2.24, 2.45) is 0 Å². The summed E-state index contributed by atoms with van der Waals surface area (Å²) in [5.74, 6) is 0. The van der Waals surface area contributed by atoms with E-state index in [1.165, 1.54) is 210 Å². The number of nitrogens with zero attached hydrogens (tertiary/aromatic N) is 1. The third kappa shape index (κ3) is 34.1. The lowest BCUT2D eigenvalue weighted by molar-refractivity contribution is -0.910. The van der Waals surface area contributed by atoms with Crippen molar-refractivity contribution in [3.8, 4) is 0 Å². The SMILES string of the molecule is CCCCCCCC/C=C\CCCCCCCC[N+](C)(CCCCO)CCCCCCCC/C=C\CCCCCCCC. The van der Waals surface area contributed by atoms with Gasteiger partial charge in [-0.25, -0.2) is 0 Å². The van der Waals surface area contributed by atoms with Crippen LogP contribution in [-0.4, -0.2) is 42.9 Å². The monoisotopic (exact) mass is 605 g/mol. The van der Waals surface area contributed by atoms with Gasteiger partial charge in [0.2, 0.25) is 0 Å². The van der Waals surface area contributed by atoms with Crippen LogP contribution in [0.2, 0.25) is 0 Å². The Morgan fingerprint density at radius 3 is 0.907 bits per heavy atom. The lowest BCUT2D eigenvalue weighted by Crippen LogP contribution is -2.46. The van der Waals surface area contributed by atoms with Crippen molar-refractivity contribution in [3.05, 3.63) is 24.3 Å². The number of hydrogen-bond donors (Lipinski definition) is 1. The molecule has 0 spiro atoms. The van der Waals surface area contributed by atoms with Gasteiger partial charge in [0, 0.05) is 6.61 Å². The van der Waals surface area contributed by atoms with Gasteiger partial charge in [-0.3, -0.25) is 0 Å². The van der Waals surface area contributed by atoms with Crippen LogP contribution in [0.15, 0.2) is 24.3 Å². The minimum atomic E-state index is 0.350. The van der Waals surface area contributed by atoms with Crippen molar-refractivity contribution in [3.63, 3.8) is 0 Å². The summed E-state index contributed by atoms with van der Waals surface area (Å²) in [6, 6.07) is 0. The second kappa shape index (κ2) is 35.9. The van der Waals surface area contributed by atoms with E-state index in [9.17, 15) is 5.11 Å². The molecule has 0 bridgehead atoms. The van der Waals surface area contributed by atoms with Crippen molar-refractivity contribution in [2.45, 2.75) is 206 Å². The first-order valence-electron chi connectivity index (χ1n) is 19.9. The zero-order valence-electron chi connectivity index (χ0n) is 30.2. The molecule has 43 heavy (non-hydrogen) atoms. The van der Waals surface area contributed by atoms with Gasteiger partial charge in [-0.2, -0.15) is 0 Å². The fourth-order valence-electron chi connectivity index (χ4n) is 6.42. The molecule has 0 amide bonds. The molecule has 2 heteroatoms. The molecule has 1 N–H and O–H groups in total. The van der Waals surface area contributed by atoms with Crippen LogP contribution in [-0.2, 0) is 0 Å². The minimum absolute atomic E-state index is 0.350. The number of unbranched alkanes of at least 4 members (excludes halogenated alkanes) is 25. The fourth-order valence-corrected chi connectivity index (χ4v) is 6.42. The van der Waals surface area contributed by atoms with Crippen LogP contribution < -0.4 is 0 Å². The highest BCUT2D eigenvalue weighted by Gasteiger charge is 2.20. The van der Waals surface area contributed by atoms with Crippen molar-refractivity contribution < 1.29 is 9.59 Å². The predicted octanol–water partition coefficient (Wildman–Crippen LogP) is 13.3. The van der Waals surface area contributed by atoms with Gasteiger partial charge in [0.05, 0.1) is 26.7 Å². The van der Waals surface area contributed by atoms with E-state index < -0.39 is 0 Å². The van der Waals surface area contributed by atoms with Gasteiger partial charge in [-0.15, -0.1) is 0 Å². The summed E-state index contributed by atoms with van der Waals surface area (Å²) in [5.41, 5.74) is 0. The van der Waals surface area contributed by atoms with Crippen LogP contribution in [0.5, 0.6) is 0 Å². The Morgan fingerprint density at radius 2 is 0.605 bits per heavy atom. The summed E-state index contributed by atoms with van der Waals surface area (Å²) >= 11 is 0. The second-order valence-electron chi connectivity index (χ2n) is 14.1. The van der Waals surface area contributed by atoms with Gasteiger partial charge in [-0.1, -0.05) is 141 Å². The van der Waals surface area contributed by atoms with Gasteiger partial charge >= 0.3 is 0 Å². The van der Waals surface area contributed by atoms with E-state index in [4.69, 9.17) is 0 Å². The maximum atomic E-state index is 9.30. The Hall–Kier alpha value is -0.600. The molecule has 0 saturated carbocycles. The zero-order chi connectivity index (χ0) is 31.4. The molecule has 0 heterocycles. The molecule has 0 aromatic rings. The van der Waals surface area contributed by atoms with Gasteiger partial charge in [0.1, 0.15) is 0 Å². The largest absolute Gasteiger partial charge is 0.396 e. The van der Waals surface area contributed by atoms with E-state index >= 15 is 0 Å². The van der Waals surface area contributed by atoms with Crippen molar-refractivity contribution in [2.75, 3.05) is 33.3 Å². The van der Waals surface area contributed by atoms with E-state index in [2.05, 4.69) is 45.2 Å². The summed E-state index contributed by atoms with van der Waals surface area (Å²) in [7, 11) is 2.49. The summed E-state index contributed by atoms with van der Waals surface area (Å²) in [6.07, 6.45) is 50.6. The van der Waals surface area contributed by atoms with Gasteiger partial charge in [0.15, 0.2) is 0 Å². The third-order valence-corrected chi connectivity index (χ3v) is 9.53. The third-order valence-electron chi connectivity index (χ3n) is 9.53. The quantitative estimate of drug-likeness (QED) is 0.0428. The first kappa shape index (κ1) is 42.4. The standard InChI is InChI=1S/C41H82NO/c1-4-6-8-10-12-14-16-18-20-22-24-26-28-30-32-34-38-42(3,40-36-37-41-43)39-35-33-31-29-27-25-23-21-19-17-15-13-11-9-7-5-2/h18-21,43H,4-17,22-41H2,1-3H3/q+1/b20-18-,21-19-. The number of hydrogen-bond acceptors (Lipinski definition) is 1. The molecule has 0 rings (SSSR count). The van der Waals surface area contributed by atoms with E-state index in [0.717, 1.165) is 6.42 Å². The lowest BCUT2D eigenvalue weighted by Gasteiger charge is -2.35. The number of quaternary nitrogens is 1. The second-order valence-corrected chi connectivity index (χ2v) is 14.1. The lowest BCUT2D eigenvalue weighted by atomic mass is 10.1. The molecule has 2 nitrogen and oxygen atoms in total. The molecule has 0 radical (unpaired) electrons. The van der Waals surface area contributed by atoms with Crippen molar-refractivity contribution in [1.82, 2.24) is 0 Å². The molecule has 0 aromatic carbocycles. The highest BCUT2D eigenvalue weighted by Crippen LogP contribution is 2.16. The Kier molecular flexibility index (Phi) is 35.4. The van der Waals surface area contributed by atoms with Gasteiger partial charge < -0.3 is 9.59 Å². The van der Waals surface area contributed by atoms with E-state index in [0.29, 0.717) is 6.61 Å². The topological polar surface area (TPSA) is 20.2 Å². The first-order valence-corrected chi connectivity index (χ1v) is 19.9. The molecule has 0 aromatic heterocycles. The predicted molar refractivity (Wildman–Crippen MR) is 196 cm³/mol. The molecule has 0 atom stereocenters. The number of aliphatic hydroxyl groups is 1. The van der Waals surface area contributed by atoms with E-state index in [1.54, 1.807) is 0 Å². The molecule has 0 fully saturated rings. The number of rotatable bonds is 36. The maximum absolute atomic E-state index is 9.30. The molecule has 0 aliphatic carbocycles. The van der Waals surface area contributed by atoms with Crippen molar-refractivity contribution >= 4 is 0 Å². The van der Waals surface area contributed by atoms with Crippen LogP contribution in [0.25, 0.3) is 0 Å². The van der Waals surface area contributed by atoms with Crippen LogP contribution in [0.1, 0.15) is 206 Å². The summed E-state index contributed by atoms with van der Waals surface area (Å²) in [4.78, 5) is 0. The van der Waals surface area contributed by atoms with Crippen LogP contribution in [0.3, 0.4) is 0 Å². The molecule has 0 aliphatic rings. The summed E-state index contributed by atoms with van der Waals surface area (Å²) in [6.45, 7) is 8.85. The Labute approximate surface area is 273 Å². The summed E-state index contributed by atoms with van der Waals surface area (Å²) in [5, 5.41) is 9.30. The molecule has 0 aliphatic heterocycles. The van der Waals surface area contributed by atoms with E-state index in [1.807, 2.05) is 0 Å². The smallest absolute Gasteiger partial charge is 0.0785 e. The van der Waals surface area contributed by atoms with Crippen LogP contribution >= 0.6 is 0 Å². The normalized spacial score (nSPS) is 12.4. The highest BCUT2D eigenvalue weighted by molar-refractivity contribution is 4.82. The average Bonchev–Trinajstić information content (AvgIpc) is 3.01. The zero-order valence-corrected chi connectivity index (χ0v) is 30.2. The Balaban J connectivity index is 3.76. The molecular formula is C41H82NO+. The minimum Gasteiger partial charge on any atom is -0.396 e. The molecule has 256 valence electrons. The Morgan fingerprint density at radius 1 is 0.349 bits per heavy atom. The number of aliphatic hydroxyl groups excluding tert-OH is 1. The fraction of sp³-hybridized carbons (Fsp3) is 0.902. The van der Waals surface area contributed by atoms with Crippen molar-refractivity contribution in [1.29, 1.82) is 0 Å². The van der Waals surface area contributed by atoms with Gasteiger partial charge in [-0.05, 0) is 89.9 Å². The first-order chi connectivity index (χ1) is 21.2. The average molecular weight is 605 g/mol. The summed E-state index contributed by atoms with van der Waals surface area (Å²) < 4.78 is 1.23. The Bertz CT molecular complexity index is 526. The van der Waals surface area contributed by atoms with E-state index in [-0.39, 0.29) is 0 Å². The highest BCUT2D eigenvalue weighted by atomic mass is 16.2. The molecule has 0 saturated heterocycles. The molecular weight excluding hydrogens is 522 g/mol. The van der Waals surface area contributed by atoms with Crippen LogP contribution in [0.4, 0.5) is 0 Å².